The number of nitrogens with one attached hydrogen (secondary N) is 1. The van der Waals surface area contributed by atoms with Gasteiger partial charge in [-0.15, -0.1) is 0 Å². The Labute approximate surface area is 143 Å². The molecule has 1 atom stereocenters. The van der Waals surface area contributed by atoms with E-state index in [1.54, 1.807) is 6.07 Å². The first-order valence-electron chi connectivity index (χ1n) is 7.59. The number of halogens is 1. The van der Waals surface area contributed by atoms with E-state index < -0.39 is 22.5 Å². The average molecular weight is 349 g/mol. The van der Waals surface area contributed by atoms with Crippen molar-refractivity contribution in [2.75, 3.05) is 11.1 Å². The molecule has 0 saturated carbocycles. The molecule has 0 aliphatic rings. The first kappa shape index (κ1) is 18.1. The van der Waals surface area contributed by atoms with Crippen molar-refractivity contribution < 1.29 is 18.1 Å². The normalized spacial score (nSPS) is 12.0. The van der Waals surface area contributed by atoms with Crippen LogP contribution in [-0.2, 0) is 21.3 Å². The summed E-state index contributed by atoms with van der Waals surface area (Å²) in [5.74, 6) is -0.118. The first-order chi connectivity index (χ1) is 11.4. The number of carbonyl (C=O) groups excluding carboxylic acids is 1. The zero-order chi connectivity index (χ0) is 17.5. The van der Waals surface area contributed by atoms with Crippen LogP contribution in [0.15, 0.2) is 48.5 Å². The molecule has 6 heteroatoms. The van der Waals surface area contributed by atoms with Crippen LogP contribution in [0.3, 0.4) is 0 Å². The van der Waals surface area contributed by atoms with E-state index in [-0.39, 0.29) is 17.6 Å². The SMILES string of the molecule is CC(C)Oc1ccccc1CS(=O)CC(=O)Nc1cccc(F)c1. The Morgan fingerprint density at radius 1 is 1.21 bits per heavy atom. The van der Waals surface area contributed by atoms with Crippen molar-refractivity contribution in [3.8, 4) is 5.75 Å². The molecular formula is C18H20FNO3S. The zero-order valence-corrected chi connectivity index (χ0v) is 14.4. The maximum atomic E-state index is 13.1. The molecule has 0 heterocycles. The van der Waals surface area contributed by atoms with Gasteiger partial charge in [-0.1, -0.05) is 24.3 Å². The fourth-order valence-corrected chi connectivity index (χ4v) is 3.18. The molecule has 24 heavy (non-hydrogen) atoms. The van der Waals surface area contributed by atoms with E-state index in [1.807, 2.05) is 38.1 Å². The average Bonchev–Trinajstić information content (AvgIpc) is 2.48. The number of carbonyl (C=O) groups is 1. The van der Waals surface area contributed by atoms with Gasteiger partial charge in [0.2, 0.25) is 5.91 Å². The van der Waals surface area contributed by atoms with Crippen LogP contribution in [0.4, 0.5) is 10.1 Å². The molecule has 0 radical (unpaired) electrons. The molecule has 2 aromatic carbocycles. The summed E-state index contributed by atoms with van der Waals surface area (Å²) in [6, 6.07) is 12.9. The van der Waals surface area contributed by atoms with Gasteiger partial charge in [0.05, 0.1) is 11.9 Å². The largest absolute Gasteiger partial charge is 0.491 e. The third kappa shape index (κ3) is 5.77. The molecule has 4 nitrogen and oxygen atoms in total. The van der Waals surface area contributed by atoms with Crippen LogP contribution in [-0.4, -0.2) is 22.0 Å². The standard InChI is InChI=1S/C18H20FNO3S/c1-13(2)23-17-9-4-3-6-14(17)11-24(22)12-18(21)20-16-8-5-7-15(19)10-16/h3-10,13H,11-12H2,1-2H3,(H,20,21). The highest BCUT2D eigenvalue weighted by atomic mass is 32.2. The lowest BCUT2D eigenvalue weighted by Crippen LogP contribution is -2.20. The third-order valence-corrected chi connectivity index (χ3v) is 4.27. The highest BCUT2D eigenvalue weighted by molar-refractivity contribution is 7.85. The van der Waals surface area contributed by atoms with E-state index in [9.17, 15) is 13.4 Å². The Bertz CT molecular complexity index is 734. The van der Waals surface area contributed by atoms with Gasteiger partial charge in [-0.3, -0.25) is 9.00 Å². The van der Waals surface area contributed by atoms with Crippen LogP contribution in [0.25, 0.3) is 0 Å². The Hall–Kier alpha value is -2.21. The van der Waals surface area contributed by atoms with Gasteiger partial charge in [0.15, 0.2) is 0 Å². The van der Waals surface area contributed by atoms with E-state index in [4.69, 9.17) is 4.74 Å². The van der Waals surface area contributed by atoms with Crippen molar-refractivity contribution in [3.63, 3.8) is 0 Å². The highest BCUT2D eigenvalue weighted by Crippen LogP contribution is 2.21. The molecule has 0 spiro atoms. The minimum atomic E-state index is -1.39. The van der Waals surface area contributed by atoms with E-state index in [0.717, 1.165) is 5.56 Å². The molecule has 1 unspecified atom stereocenters. The quantitative estimate of drug-likeness (QED) is 0.832. The number of para-hydroxylation sites is 1. The van der Waals surface area contributed by atoms with Crippen molar-refractivity contribution in [1.82, 2.24) is 0 Å². The monoisotopic (exact) mass is 349 g/mol. The van der Waals surface area contributed by atoms with Crippen molar-refractivity contribution in [2.24, 2.45) is 0 Å². The fraction of sp³-hybridized carbons (Fsp3) is 0.278. The number of hydrogen-bond donors (Lipinski definition) is 1. The summed E-state index contributed by atoms with van der Waals surface area (Å²) in [7, 11) is -1.39. The smallest absolute Gasteiger partial charge is 0.237 e. The summed E-state index contributed by atoms with van der Waals surface area (Å²) in [6.07, 6.45) is 0.0101. The molecule has 1 N–H and O–H groups in total. The Morgan fingerprint density at radius 2 is 1.96 bits per heavy atom. The van der Waals surface area contributed by atoms with Gasteiger partial charge in [0, 0.05) is 22.1 Å². The minimum Gasteiger partial charge on any atom is -0.491 e. The second-order valence-corrected chi connectivity index (χ2v) is 7.02. The summed E-state index contributed by atoms with van der Waals surface area (Å²) in [4.78, 5) is 11.9. The topological polar surface area (TPSA) is 55.4 Å². The molecule has 0 fully saturated rings. The van der Waals surface area contributed by atoms with Gasteiger partial charge in [0.1, 0.15) is 17.3 Å². The summed E-state index contributed by atoms with van der Waals surface area (Å²) in [5.41, 5.74) is 1.14. The lowest BCUT2D eigenvalue weighted by molar-refractivity contribution is -0.113. The molecule has 0 saturated heterocycles. The second kappa shape index (κ2) is 8.59. The maximum absolute atomic E-state index is 13.1. The Morgan fingerprint density at radius 3 is 2.67 bits per heavy atom. The van der Waals surface area contributed by atoms with E-state index in [2.05, 4.69) is 5.32 Å². The fourth-order valence-electron chi connectivity index (χ4n) is 2.13. The Kier molecular flexibility index (Phi) is 6.49. The van der Waals surface area contributed by atoms with Crippen LogP contribution in [0.2, 0.25) is 0 Å². The number of ether oxygens (including phenoxy) is 1. The van der Waals surface area contributed by atoms with Gasteiger partial charge in [-0.05, 0) is 38.1 Å². The molecule has 0 aliphatic carbocycles. The summed E-state index contributed by atoms with van der Waals surface area (Å²) < 4.78 is 31.0. The summed E-state index contributed by atoms with van der Waals surface area (Å²) in [6.45, 7) is 3.83. The van der Waals surface area contributed by atoms with Gasteiger partial charge >= 0.3 is 0 Å². The summed E-state index contributed by atoms with van der Waals surface area (Å²) in [5, 5.41) is 2.54. The molecule has 0 aliphatic heterocycles. The molecule has 0 bridgehead atoms. The molecule has 2 rings (SSSR count). The van der Waals surface area contributed by atoms with Gasteiger partial charge in [-0.2, -0.15) is 0 Å². The number of anilines is 1. The third-order valence-electron chi connectivity index (χ3n) is 3.05. The van der Waals surface area contributed by atoms with Gasteiger partial charge < -0.3 is 10.1 Å². The number of hydrogen-bond acceptors (Lipinski definition) is 3. The van der Waals surface area contributed by atoms with Crippen molar-refractivity contribution in [2.45, 2.75) is 25.7 Å². The molecule has 0 aromatic heterocycles. The lowest BCUT2D eigenvalue weighted by Gasteiger charge is -2.14. The van der Waals surface area contributed by atoms with E-state index >= 15 is 0 Å². The predicted molar refractivity (Wildman–Crippen MR) is 93.9 cm³/mol. The van der Waals surface area contributed by atoms with Crippen molar-refractivity contribution in [3.05, 3.63) is 59.9 Å². The zero-order valence-electron chi connectivity index (χ0n) is 13.6. The van der Waals surface area contributed by atoms with Crippen molar-refractivity contribution in [1.29, 1.82) is 0 Å². The first-order valence-corrected chi connectivity index (χ1v) is 9.08. The number of benzene rings is 2. The van der Waals surface area contributed by atoms with Crippen molar-refractivity contribution >= 4 is 22.4 Å². The van der Waals surface area contributed by atoms with Gasteiger partial charge in [-0.25, -0.2) is 4.39 Å². The van der Waals surface area contributed by atoms with Crippen LogP contribution < -0.4 is 10.1 Å². The van der Waals surface area contributed by atoms with Crippen LogP contribution >= 0.6 is 0 Å². The van der Waals surface area contributed by atoms with E-state index in [0.29, 0.717) is 11.4 Å². The van der Waals surface area contributed by atoms with Crippen LogP contribution in [0.1, 0.15) is 19.4 Å². The van der Waals surface area contributed by atoms with E-state index in [1.165, 1.54) is 18.2 Å². The van der Waals surface area contributed by atoms with Crippen LogP contribution in [0.5, 0.6) is 5.75 Å². The Balaban J connectivity index is 1.94. The van der Waals surface area contributed by atoms with Crippen LogP contribution in [0, 0.1) is 5.82 Å². The molecule has 1 amide bonds. The maximum Gasteiger partial charge on any atom is 0.237 e. The van der Waals surface area contributed by atoms with Gasteiger partial charge in [0.25, 0.3) is 0 Å². The lowest BCUT2D eigenvalue weighted by atomic mass is 10.2. The summed E-state index contributed by atoms with van der Waals surface area (Å²) >= 11 is 0. The second-order valence-electron chi connectivity index (χ2n) is 5.56. The minimum absolute atomic E-state index is 0.0101. The molecule has 2 aromatic rings. The molecule has 128 valence electrons. The highest BCUT2D eigenvalue weighted by Gasteiger charge is 2.13. The number of amides is 1. The molecular weight excluding hydrogens is 329 g/mol. The predicted octanol–water partition coefficient (Wildman–Crippen LogP) is 3.50. The number of rotatable bonds is 7.